The molecule has 0 amide bonds. The molecule has 0 spiro atoms. The Labute approximate surface area is 73.0 Å². The van der Waals surface area contributed by atoms with E-state index in [1.807, 2.05) is 0 Å². The largest absolute Gasteiger partial charge is 0.521 e. The predicted octanol–water partition coefficient (Wildman–Crippen LogP) is 1.11. The average molecular weight is 196 g/mol. The molecule has 7 heteroatoms. The van der Waals surface area contributed by atoms with E-state index >= 15 is 0 Å². The van der Waals surface area contributed by atoms with Crippen LogP contribution in [-0.2, 0) is 13.7 Å². The Hall–Kier alpha value is -0.950. The molecular formula is C5H8O6S. The van der Waals surface area contributed by atoms with Gasteiger partial charge in [-0.3, -0.25) is 0 Å². The third-order valence-corrected chi connectivity index (χ3v) is 1.05. The third kappa shape index (κ3) is 7.16. The Bertz CT molecular complexity index is 158. The van der Waals surface area contributed by atoms with Crippen LogP contribution in [0.15, 0.2) is 0 Å². The summed E-state index contributed by atoms with van der Waals surface area (Å²) in [5.41, 5.74) is 0. The van der Waals surface area contributed by atoms with Crippen molar-refractivity contribution in [3.63, 3.8) is 0 Å². The fourth-order valence-electron chi connectivity index (χ4n) is 0.302. The van der Waals surface area contributed by atoms with Crippen LogP contribution in [0.2, 0.25) is 0 Å². The molecule has 70 valence electrons. The molecule has 0 aliphatic carbocycles. The summed E-state index contributed by atoms with van der Waals surface area (Å²) >= 11 is -0.00129. The van der Waals surface area contributed by atoms with Crippen molar-refractivity contribution in [1.82, 2.24) is 0 Å². The molecule has 0 atom stereocenters. The van der Waals surface area contributed by atoms with E-state index in [0.717, 1.165) is 0 Å². The molecule has 0 aromatic carbocycles. The molecule has 1 N–H and O–H groups in total. The number of methoxy groups -OCH3 is 1. The van der Waals surface area contributed by atoms with Gasteiger partial charge in [-0.25, -0.2) is 9.59 Å². The maximum Gasteiger partial charge on any atom is 0.521 e. The monoisotopic (exact) mass is 196 g/mol. The molecule has 0 unspecified atom stereocenters. The molecule has 0 bridgehead atoms. The minimum Gasteiger partial charge on any atom is -0.471 e. The van der Waals surface area contributed by atoms with Gasteiger partial charge in [-0.2, -0.15) is 0 Å². The van der Waals surface area contributed by atoms with Crippen molar-refractivity contribution >= 4 is 23.5 Å². The van der Waals surface area contributed by atoms with Gasteiger partial charge in [-0.1, -0.05) is 0 Å². The quantitative estimate of drug-likeness (QED) is 0.411. The lowest BCUT2D eigenvalue weighted by molar-refractivity contribution is 0.0731. The topological polar surface area (TPSA) is 82.1 Å². The maximum absolute atomic E-state index is 10.4. The summed E-state index contributed by atoms with van der Waals surface area (Å²) in [6, 6.07) is 0. The zero-order chi connectivity index (χ0) is 9.40. The van der Waals surface area contributed by atoms with Crippen LogP contribution in [0.4, 0.5) is 9.59 Å². The molecule has 0 radical (unpaired) electrons. The van der Waals surface area contributed by atoms with Gasteiger partial charge in [0.15, 0.2) is 12.0 Å². The third-order valence-electron chi connectivity index (χ3n) is 0.688. The minimum atomic E-state index is -1.31. The Morgan fingerprint density at radius 3 is 2.58 bits per heavy atom. The molecule has 0 aromatic heterocycles. The van der Waals surface area contributed by atoms with Gasteiger partial charge in [-0.15, -0.1) is 0 Å². The molecule has 0 rings (SSSR count). The molecule has 6 nitrogen and oxygen atoms in total. The summed E-state index contributed by atoms with van der Waals surface area (Å²) in [6.45, 7) is 0.280. The molecule has 0 fully saturated rings. The highest BCUT2D eigenvalue weighted by Crippen LogP contribution is 2.04. The summed E-state index contributed by atoms with van der Waals surface area (Å²) in [5, 5.41) is 6.73. The fraction of sp³-hybridized carbons (Fsp3) is 0.600. The summed E-state index contributed by atoms with van der Waals surface area (Å²) in [7, 11) is 1.45. The van der Waals surface area contributed by atoms with Crippen molar-refractivity contribution in [2.24, 2.45) is 0 Å². The van der Waals surface area contributed by atoms with Gasteiger partial charge in [0.05, 0.1) is 6.61 Å². The van der Waals surface area contributed by atoms with E-state index in [4.69, 9.17) is 5.11 Å². The lowest BCUT2D eigenvalue weighted by Gasteiger charge is -2.00. The zero-order valence-corrected chi connectivity index (χ0v) is 7.13. The fourth-order valence-corrected chi connectivity index (χ4v) is 0.489. The van der Waals surface area contributed by atoms with Crippen LogP contribution in [0.1, 0.15) is 0 Å². The summed E-state index contributed by atoms with van der Waals surface area (Å²) in [5.74, 6) is 0. The number of hydrogen-bond acceptors (Lipinski definition) is 6. The van der Waals surface area contributed by atoms with E-state index in [1.54, 1.807) is 0 Å². The van der Waals surface area contributed by atoms with Crippen LogP contribution in [0.5, 0.6) is 0 Å². The second-order valence-electron chi connectivity index (χ2n) is 1.52. The van der Waals surface area contributed by atoms with Gasteiger partial charge in [0.1, 0.15) is 6.61 Å². The van der Waals surface area contributed by atoms with E-state index in [1.165, 1.54) is 7.11 Å². The van der Waals surface area contributed by atoms with Gasteiger partial charge in [-0.05, 0) is 0 Å². The lowest BCUT2D eigenvalue weighted by atomic mass is 10.8. The van der Waals surface area contributed by atoms with Crippen molar-refractivity contribution in [3.8, 4) is 0 Å². The summed E-state index contributed by atoms with van der Waals surface area (Å²) in [6.07, 6.45) is -1.04. The number of hydrogen-bond donors (Lipinski definition) is 1. The normalized spacial score (nSPS) is 9.08. The van der Waals surface area contributed by atoms with Crippen molar-refractivity contribution in [2.45, 2.75) is 0 Å². The van der Waals surface area contributed by atoms with Crippen molar-refractivity contribution in [1.29, 1.82) is 0 Å². The Morgan fingerprint density at radius 2 is 2.08 bits per heavy atom. The number of carbonyl (C=O) groups excluding carboxylic acids is 1. The highest BCUT2D eigenvalue weighted by molar-refractivity contribution is 8.09. The van der Waals surface area contributed by atoms with Crippen LogP contribution in [0, 0.1) is 0 Å². The van der Waals surface area contributed by atoms with E-state index < -0.39 is 11.5 Å². The number of ether oxygens (including phenoxy) is 2. The Kier molecular flexibility index (Phi) is 6.21. The van der Waals surface area contributed by atoms with Crippen molar-refractivity contribution < 1.29 is 28.4 Å². The molecule has 0 saturated heterocycles. The van der Waals surface area contributed by atoms with Crippen molar-refractivity contribution in [2.75, 3.05) is 20.3 Å². The molecule has 12 heavy (non-hydrogen) atoms. The highest BCUT2D eigenvalue weighted by atomic mass is 32.2. The van der Waals surface area contributed by atoms with E-state index in [-0.39, 0.29) is 25.3 Å². The highest BCUT2D eigenvalue weighted by Gasteiger charge is 2.07. The number of rotatable bonds is 3. The second-order valence-corrected chi connectivity index (χ2v) is 2.21. The number of carbonyl (C=O) groups is 2. The van der Waals surface area contributed by atoms with Gasteiger partial charge in [0, 0.05) is 7.11 Å². The average Bonchev–Trinajstić information content (AvgIpc) is 2.01. The first-order chi connectivity index (χ1) is 5.66. The lowest BCUT2D eigenvalue weighted by Crippen LogP contribution is -2.09. The first-order valence-corrected chi connectivity index (χ1v) is 3.64. The van der Waals surface area contributed by atoms with Crippen LogP contribution in [0.25, 0.3) is 0 Å². The number of carboxylic acid groups (broad SMARTS) is 1. The van der Waals surface area contributed by atoms with Crippen LogP contribution < -0.4 is 0 Å². The maximum atomic E-state index is 10.4. The van der Waals surface area contributed by atoms with E-state index in [9.17, 15) is 9.59 Å². The molecule has 0 heterocycles. The first kappa shape index (κ1) is 11.1. The SMILES string of the molecule is COCCOC(=O)OSC(=O)O. The van der Waals surface area contributed by atoms with E-state index in [2.05, 4.69) is 13.7 Å². The minimum absolute atomic E-state index is 0.00129. The smallest absolute Gasteiger partial charge is 0.471 e. The summed E-state index contributed by atoms with van der Waals surface area (Å²) in [4.78, 5) is 20.3. The predicted molar refractivity (Wildman–Crippen MR) is 39.9 cm³/mol. The molecule has 0 saturated carbocycles. The van der Waals surface area contributed by atoms with Crippen LogP contribution >= 0.6 is 12.0 Å². The van der Waals surface area contributed by atoms with E-state index in [0.29, 0.717) is 0 Å². The standard InChI is InChI=1S/C5H8O6S/c1-9-2-3-10-5(8)11-12-4(6)7/h2-3H2,1H3,(H,6,7). The van der Waals surface area contributed by atoms with Gasteiger partial charge in [0.2, 0.25) is 0 Å². The van der Waals surface area contributed by atoms with Gasteiger partial charge in [0.25, 0.3) is 0 Å². The van der Waals surface area contributed by atoms with Crippen LogP contribution in [-0.4, -0.2) is 36.9 Å². The van der Waals surface area contributed by atoms with Gasteiger partial charge >= 0.3 is 11.5 Å². The summed E-state index contributed by atoms with van der Waals surface area (Å²) < 4.78 is 13.0. The Morgan fingerprint density at radius 1 is 1.42 bits per heavy atom. The molecule has 0 aromatic rings. The molecule has 0 aliphatic heterocycles. The van der Waals surface area contributed by atoms with Crippen molar-refractivity contribution in [3.05, 3.63) is 0 Å². The Balaban J connectivity index is 3.28. The molecule has 0 aliphatic rings. The molecular weight excluding hydrogens is 188 g/mol. The second kappa shape index (κ2) is 6.74. The zero-order valence-electron chi connectivity index (χ0n) is 6.31. The van der Waals surface area contributed by atoms with Crippen LogP contribution in [0.3, 0.4) is 0 Å². The van der Waals surface area contributed by atoms with Gasteiger partial charge < -0.3 is 18.8 Å². The first-order valence-electron chi connectivity index (χ1n) is 2.90.